The Kier molecular flexibility index (Phi) is 4.20. The summed E-state index contributed by atoms with van der Waals surface area (Å²) >= 11 is 5.92. The van der Waals surface area contributed by atoms with Crippen LogP contribution in [0.1, 0.15) is 5.56 Å². The van der Waals surface area contributed by atoms with Gasteiger partial charge in [0.2, 0.25) is 0 Å². The van der Waals surface area contributed by atoms with E-state index in [9.17, 15) is 12.6 Å². The maximum atomic E-state index is 12.3. The zero-order valence-corrected chi connectivity index (χ0v) is 12.7. The SMILES string of the molecule is Cc1cccc(Cl)c1S(=O)(=O)N=S1(=O)CCOCC1. The molecule has 0 amide bonds. The number of hydrogen-bond acceptors (Lipinski definition) is 4. The third kappa shape index (κ3) is 3.28. The highest BCUT2D eigenvalue weighted by Gasteiger charge is 2.24. The first-order valence-electron chi connectivity index (χ1n) is 5.66. The lowest BCUT2D eigenvalue weighted by Gasteiger charge is -2.16. The molecule has 1 aromatic carbocycles. The molecule has 8 heteroatoms. The number of benzene rings is 1. The molecule has 1 aromatic rings. The van der Waals surface area contributed by atoms with Crippen LogP contribution in [0.4, 0.5) is 0 Å². The fourth-order valence-corrected chi connectivity index (χ4v) is 6.41. The van der Waals surface area contributed by atoms with E-state index in [-0.39, 0.29) is 34.6 Å². The zero-order chi connectivity index (χ0) is 14.1. The fourth-order valence-electron chi connectivity index (χ4n) is 1.82. The topological polar surface area (TPSA) is 72.8 Å². The highest BCUT2D eigenvalue weighted by Crippen LogP contribution is 2.27. The maximum absolute atomic E-state index is 12.3. The van der Waals surface area contributed by atoms with Crippen LogP contribution in [0.5, 0.6) is 0 Å². The minimum Gasteiger partial charge on any atom is -0.379 e. The summed E-state index contributed by atoms with van der Waals surface area (Å²) in [5.41, 5.74) is 0.492. The Bertz CT molecular complexity index is 673. The van der Waals surface area contributed by atoms with Crippen molar-refractivity contribution in [3.05, 3.63) is 28.8 Å². The van der Waals surface area contributed by atoms with Crippen molar-refractivity contribution in [2.45, 2.75) is 11.8 Å². The molecule has 0 atom stereocenters. The van der Waals surface area contributed by atoms with Gasteiger partial charge in [-0.3, -0.25) is 0 Å². The predicted molar refractivity (Wildman–Crippen MR) is 74.5 cm³/mol. The van der Waals surface area contributed by atoms with E-state index in [1.807, 2.05) is 0 Å². The highest BCUT2D eigenvalue weighted by atomic mass is 35.5. The number of rotatable bonds is 2. The molecule has 0 N–H and O–H groups in total. The van der Waals surface area contributed by atoms with Gasteiger partial charge in [0.15, 0.2) is 0 Å². The molecule has 1 heterocycles. The second kappa shape index (κ2) is 5.40. The molecule has 0 radical (unpaired) electrons. The summed E-state index contributed by atoms with van der Waals surface area (Å²) in [6.45, 7) is 2.16. The van der Waals surface area contributed by atoms with Crippen molar-refractivity contribution in [2.24, 2.45) is 3.77 Å². The van der Waals surface area contributed by atoms with Crippen molar-refractivity contribution in [1.82, 2.24) is 0 Å². The van der Waals surface area contributed by atoms with Gasteiger partial charge in [-0.25, -0.2) is 4.21 Å². The molecule has 19 heavy (non-hydrogen) atoms. The number of ether oxygens (including phenoxy) is 1. The molecule has 0 bridgehead atoms. The summed E-state index contributed by atoms with van der Waals surface area (Å²) < 4.78 is 45.6. The lowest BCUT2D eigenvalue weighted by molar-refractivity contribution is 0.158. The summed E-state index contributed by atoms with van der Waals surface area (Å²) in [4.78, 5) is -0.0640. The van der Waals surface area contributed by atoms with Crippen LogP contribution in [0.15, 0.2) is 26.9 Å². The molecule has 0 spiro atoms. The lowest BCUT2D eigenvalue weighted by Crippen LogP contribution is -2.26. The monoisotopic (exact) mass is 323 g/mol. The first-order valence-corrected chi connectivity index (χ1v) is 9.33. The normalized spacial score (nSPS) is 19.1. The van der Waals surface area contributed by atoms with Crippen LogP contribution in [-0.4, -0.2) is 37.3 Å². The third-order valence-corrected chi connectivity index (χ3v) is 7.71. The van der Waals surface area contributed by atoms with E-state index in [4.69, 9.17) is 16.3 Å². The van der Waals surface area contributed by atoms with Crippen LogP contribution < -0.4 is 0 Å². The van der Waals surface area contributed by atoms with Crippen LogP contribution >= 0.6 is 11.6 Å². The molecule has 2 rings (SSSR count). The Hall–Kier alpha value is -0.630. The molecule has 0 aromatic heterocycles. The van der Waals surface area contributed by atoms with Gasteiger partial charge in [0.05, 0.1) is 39.5 Å². The summed E-state index contributed by atoms with van der Waals surface area (Å²) in [5, 5.41) is 0.0961. The molecule has 1 aliphatic rings. The standard InChI is InChI=1S/C11H14ClNO4S2/c1-9-3-2-4-10(12)11(9)19(15,16)13-18(14)7-5-17-6-8-18/h2-4H,5-8H2,1H3. The van der Waals surface area contributed by atoms with Crippen molar-refractivity contribution >= 4 is 31.4 Å². The Morgan fingerprint density at radius 3 is 2.53 bits per heavy atom. The van der Waals surface area contributed by atoms with E-state index in [0.29, 0.717) is 5.56 Å². The number of halogens is 1. The summed E-state index contributed by atoms with van der Waals surface area (Å²) in [6, 6.07) is 4.77. The van der Waals surface area contributed by atoms with Crippen LogP contribution in [0, 0.1) is 6.92 Å². The molecule has 1 aliphatic heterocycles. The summed E-state index contributed by atoms with van der Waals surface area (Å²) in [6.07, 6.45) is 0. The molecule has 0 unspecified atom stereocenters. The van der Waals surface area contributed by atoms with Gasteiger partial charge in [0.1, 0.15) is 4.90 Å². The van der Waals surface area contributed by atoms with E-state index in [2.05, 4.69) is 3.77 Å². The molecule has 1 fully saturated rings. The first-order chi connectivity index (χ1) is 8.84. The minimum atomic E-state index is -4.02. The van der Waals surface area contributed by atoms with Gasteiger partial charge < -0.3 is 4.74 Å². The first kappa shape index (κ1) is 14.8. The van der Waals surface area contributed by atoms with Crippen LogP contribution in [0.2, 0.25) is 5.02 Å². The molecule has 106 valence electrons. The van der Waals surface area contributed by atoms with E-state index < -0.39 is 19.8 Å². The van der Waals surface area contributed by atoms with Gasteiger partial charge in [-0.2, -0.15) is 8.42 Å². The van der Waals surface area contributed by atoms with Gasteiger partial charge in [-0.15, -0.1) is 3.77 Å². The summed E-state index contributed by atoms with van der Waals surface area (Å²) in [5.74, 6) is 0.269. The number of aryl methyl sites for hydroxylation is 1. The average Bonchev–Trinajstić information content (AvgIpc) is 2.27. The Balaban J connectivity index is 2.55. The van der Waals surface area contributed by atoms with Gasteiger partial charge in [0, 0.05) is 0 Å². The molecule has 1 saturated heterocycles. The fraction of sp³-hybridized carbons (Fsp3) is 0.455. The van der Waals surface area contributed by atoms with Gasteiger partial charge in [-0.1, -0.05) is 23.7 Å². The van der Waals surface area contributed by atoms with E-state index >= 15 is 0 Å². The summed E-state index contributed by atoms with van der Waals surface area (Å²) in [7, 11) is -6.79. The highest BCUT2D eigenvalue weighted by molar-refractivity contribution is 8.03. The number of nitrogens with zero attached hydrogens (tertiary/aromatic N) is 1. The Labute approximate surface area is 118 Å². The largest absolute Gasteiger partial charge is 0.379 e. The van der Waals surface area contributed by atoms with E-state index in [0.717, 1.165) is 0 Å². The maximum Gasteiger partial charge on any atom is 0.291 e. The second-order valence-corrected chi connectivity index (χ2v) is 8.95. The van der Waals surface area contributed by atoms with Gasteiger partial charge >= 0.3 is 0 Å². The van der Waals surface area contributed by atoms with Gasteiger partial charge in [-0.05, 0) is 18.6 Å². The second-order valence-electron chi connectivity index (χ2n) is 4.23. The van der Waals surface area contributed by atoms with Crippen molar-refractivity contribution in [3.8, 4) is 0 Å². The van der Waals surface area contributed by atoms with Gasteiger partial charge in [0.25, 0.3) is 10.0 Å². The predicted octanol–water partition coefficient (Wildman–Crippen LogP) is 1.84. The zero-order valence-electron chi connectivity index (χ0n) is 10.3. The van der Waals surface area contributed by atoms with E-state index in [1.165, 1.54) is 6.07 Å². The minimum absolute atomic E-state index is 0.0640. The number of sulfonamides is 1. The molecular formula is C11H14ClNO4S2. The molecule has 0 saturated carbocycles. The van der Waals surface area contributed by atoms with Crippen LogP contribution in [-0.2, 0) is 24.5 Å². The van der Waals surface area contributed by atoms with Crippen molar-refractivity contribution in [3.63, 3.8) is 0 Å². The van der Waals surface area contributed by atoms with Crippen LogP contribution in [0.25, 0.3) is 0 Å². The number of hydrogen-bond donors (Lipinski definition) is 0. The molecular weight excluding hydrogens is 310 g/mol. The molecule has 0 aliphatic carbocycles. The van der Waals surface area contributed by atoms with Crippen molar-refractivity contribution < 1.29 is 17.4 Å². The smallest absolute Gasteiger partial charge is 0.291 e. The molecule has 5 nitrogen and oxygen atoms in total. The third-order valence-electron chi connectivity index (χ3n) is 2.75. The van der Waals surface area contributed by atoms with E-state index in [1.54, 1.807) is 19.1 Å². The lowest BCUT2D eigenvalue weighted by atomic mass is 10.2. The average molecular weight is 324 g/mol. The van der Waals surface area contributed by atoms with Crippen molar-refractivity contribution in [1.29, 1.82) is 0 Å². The quantitative estimate of drug-likeness (QED) is 0.832. The van der Waals surface area contributed by atoms with Crippen LogP contribution in [0.3, 0.4) is 0 Å². The Morgan fingerprint density at radius 2 is 1.95 bits per heavy atom. The van der Waals surface area contributed by atoms with Crippen molar-refractivity contribution in [2.75, 3.05) is 24.7 Å². The Morgan fingerprint density at radius 1 is 1.32 bits per heavy atom.